The first-order chi connectivity index (χ1) is 14.8. The summed E-state index contributed by atoms with van der Waals surface area (Å²) in [5, 5.41) is 0. The van der Waals surface area contributed by atoms with Crippen LogP contribution in [0.5, 0.6) is 0 Å². The van der Waals surface area contributed by atoms with Crippen molar-refractivity contribution in [3.8, 4) is 0 Å². The van der Waals surface area contributed by atoms with Crippen LogP contribution in [0.1, 0.15) is 0 Å². The third-order valence-corrected chi connectivity index (χ3v) is 103. The van der Waals surface area contributed by atoms with E-state index in [4.69, 9.17) is 37.6 Å². The van der Waals surface area contributed by atoms with Crippen molar-refractivity contribution in [1.82, 2.24) is 0 Å². The van der Waals surface area contributed by atoms with Crippen molar-refractivity contribution < 1.29 is 64.4 Å². The van der Waals surface area contributed by atoms with Crippen LogP contribution in [0.2, 0.25) is 32.2 Å². The maximum absolute atomic E-state index is 11.4. The Hall–Kier alpha value is -0.571. The largest absolute Gasteiger partial charge is 0.542 e. The summed E-state index contributed by atoms with van der Waals surface area (Å²) in [6.45, 7) is 12.3. The lowest BCUT2D eigenvalue weighted by Crippen LogP contribution is -2.91. The zero-order chi connectivity index (χ0) is 27.4. The van der Waals surface area contributed by atoms with E-state index in [1.54, 1.807) is 14.2 Å². The third-order valence-electron chi connectivity index (χ3n) is 4.15. The van der Waals surface area contributed by atoms with Crippen molar-refractivity contribution in [2.75, 3.05) is 14.2 Å². The Morgan fingerprint density at radius 1 is 0.727 bits per heavy atom. The maximum Gasteiger partial charge on any atom is 0.483 e. The predicted octanol–water partition coefficient (Wildman–Crippen LogP) is -4.46. The van der Waals surface area contributed by atoms with Crippen LogP contribution >= 0.6 is 0 Å². The molecular weight excluding hydrogens is 613 g/mol. The summed E-state index contributed by atoms with van der Waals surface area (Å²) in [5.74, 6) is 0. The minimum atomic E-state index is -5.60. The van der Waals surface area contributed by atoms with E-state index in [2.05, 4.69) is 32.8 Å². The Labute approximate surface area is 203 Å². The average molecular weight is 643 g/mol. The van der Waals surface area contributed by atoms with Gasteiger partial charge >= 0.3 is 63.0 Å². The molecule has 0 aromatic carbocycles. The van der Waals surface area contributed by atoms with Crippen LogP contribution in [0.3, 0.4) is 0 Å². The van der Waals surface area contributed by atoms with Gasteiger partial charge < -0.3 is 64.4 Å². The molecule has 6 N–H and O–H groups in total. The van der Waals surface area contributed by atoms with Gasteiger partial charge in [0.15, 0.2) is 17.4 Å². The molecule has 0 rings (SSSR count). The SMILES string of the molecule is C=CC[Si](C)(C)OC.CO[SiH](C)C.O=[Si](O)[Si]([Si](=O)O)([Si](=O)O)[Si]([Si](=O)O)([Si](=O)O)[Si](=O)O. The van der Waals surface area contributed by atoms with Crippen LogP contribution < -0.4 is 0 Å². The van der Waals surface area contributed by atoms with Crippen molar-refractivity contribution in [1.29, 1.82) is 0 Å². The zero-order valence-electron chi connectivity index (χ0n) is 19.0. The fraction of sp³-hybridized carbons (Fsp3) is 0.778. The molecule has 0 radical (unpaired) electrons. The first-order valence-corrected chi connectivity index (χ1v) is 33.9. The van der Waals surface area contributed by atoms with E-state index in [1.807, 2.05) is 6.08 Å². The van der Waals surface area contributed by atoms with Crippen molar-refractivity contribution in [2.24, 2.45) is 0 Å². The molecule has 0 amide bonds. The summed E-state index contributed by atoms with van der Waals surface area (Å²) in [6.07, 6.45) is -9.28. The summed E-state index contributed by atoms with van der Waals surface area (Å²) >= 11 is 0. The lowest BCUT2D eigenvalue weighted by atomic mass is 10.8. The molecule has 33 heavy (non-hydrogen) atoms. The lowest BCUT2D eigenvalue weighted by Gasteiger charge is -2.23. The zero-order valence-corrected chi connectivity index (χ0v) is 29.2. The van der Waals surface area contributed by atoms with E-state index in [9.17, 15) is 26.8 Å². The third kappa shape index (κ3) is 9.54. The van der Waals surface area contributed by atoms with E-state index >= 15 is 0 Å². The normalized spacial score (nSPS) is 11.1. The van der Waals surface area contributed by atoms with Gasteiger partial charge in [-0.2, -0.15) is 0 Å². The second-order valence-corrected chi connectivity index (χ2v) is 64.3. The summed E-state index contributed by atoms with van der Waals surface area (Å²) in [4.78, 5) is 54.9. The van der Waals surface area contributed by atoms with Crippen LogP contribution in [0.4, 0.5) is 0 Å². The number of rotatable bonds is 11. The molecule has 0 aromatic rings. The highest BCUT2D eigenvalue weighted by Gasteiger charge is 2.91. The van der Waals surface area contributed by atoms with Gasteiger partial charge in [0, 0.05) is 14.2 Å². The summed E-state index contributed by atoms with van der Waals surface area (Å²) in [6, 6.07) is 1.05. The van der Waals surface area contributed by atoms with Crippen LogP contribution in [0.25, 0.3) is 0 Å². The second-order valence-electron chi connectivity index (χ2n) is 7.07. The van der Waals surface area contributed by atoms with Crippen molar-refractivity contribution >= 4 is 80.3 Å². The van der Waals surface area contributed by atoms with Gasteiger partial charge in [-0.3, -0.25) is 0 Å². The van der Waals surface area contributed by atoms with E-state index in [0.717, 1.165) is 6.04 Å². The fourth-order valence-electron chi connectivity index (χ4n) is 1.94. The minimum Gasteiger partial charge on any atom is -0.542 e. The Bertz CT molecular complexity index is 648. The summed E-state index contributed by atoms with van der Waals surface area (Å²) in [7, 11) is -25.5. The van der Waals surface area contributed by atoms with Gasteiger partial charge in [-0.05, 0) is 32.2 Å². The van der Waals surface area contributed by atoms with E-state index in [0.29, 0.717) is 0 Å². The van der Waals surface area contributed by atoms with Gasteiger partial charge in [-0.15, -0.1) is 6.58 Å². The summed E-state index contributed by atoms with van der Waals surface area (Å²) < 4.78 is 78.4. The molecule has 0 saturated heterocycles. The number of hydrogen-bond donors (Lipinski definition) is 6. The molecule has 0 atom stereocenters. The monoisotopic (exact) mass is 642 g/mol. The molecule has 0 saturated carbocycles. The highest BCUT2D eigenvalue weighted by molar-refractivity contribution is 8.14. The molecule has 0 fully saturated rings. The standard InChI is InChI=1S/C6H14OSi.C3H10OSi.H6O12Si8/c1-5-6-8(3,4)7-2;1-4-5(2)3;1-13(2)19(14(3)4,15(5)6)20(16(7)8,17(9)10)18(11)12/h5H,1,6H2,2-4H3;5H,1-3H3;1,3,5,7,9,11H. The number of hydrogen-bond acceptors (Lipinski definition) is 8. The molecule has 24 heteroatoms. The lowest BCUT2D eigenvalue weighted by molar-refractivity contribution is 0.407. The van der Waals surface area contributed by atoms with Gasteiger partial charge in [0.05, 0.1) is 0 Å². The van der Waals surface area contributed by atoms with Gasteiger partial charge in [0.25, 0.3) is 0 Å². The van der Waals surface area contributed by atoms with E-state index in [1.165, 1.54) is 0 Å². The van der Waals surface area contributed by atoms with Gasteiger partial charge in [0.2, 0.25) is 0 Å². The van der Waals surface area contributed by atoms with Gasteiger partial charge in [0.1, 0.15) is 0 Å². The second kappa shape index (κ2) is 16.2. The van der Waals surface area contributed by atoms with Crippen molar-refractivity contribution in [3.63, 3.8) is 0 Å². The quantitative estimate of drug-likeness (QED) is 0.0920. The molecule has 190 valence electrons. The molecule has 0 unspecified atom stereocenters. The molecule has 0 heterocycles. The molecule has 0 aliphatic rings. The first-order valence-electron chi connectivity index (χ1n) is 8.90. The molecule has 0 aliphatic heterocycles. The van der Waals surface area contributed by atoms with E-state index in [-0.39, 0.29) is 0 Å². The molecular formula is C9H30O14Si10. The van der Waals surface area contributed by atoms with Crippen LogP contribution in [0, 0.1) is 0 Å². The van der Waals surface area contributed by atoms with Crippen molar-refractivity contribution in [2.45, 2.75) is 32.2 Å². The van der Waals surface area contributed by atoms with E-state index < -0.39 is 80.3 Å². The highest BCUT2D eigenvalue weighted by Crippen LogP contribution is 2.18. The molecule has 0 aromatic heterocycles. The van der Waals surface area contributed by atoms with Crippen LogP contribution in [-0.2, 0) is 35.6 Å². The molecule has 0 bridgehead atoms. The van der Waals surface area contributed by atoms with Crippen LogP contribution in [-0.4, -0.2) is 123 Å². The molecule has 14 nitrogen and oxygen atoms in total. The topological polar surface area (TPSA) is 242 Å². The highest BCUT2D eigenvalue weighted by atomic mass is 30.4. The average Bonchev–Trinajstić information content (AvgIpc) is 2.64. The fourth-order valence-corrected chi connectivity index (χ4v) is 94.1. The Morgan fingerprint density at radius 3 is 1.00 bits per heavy atom. The molecule has 0 spiro atoms. The van der Waals surface area contributed by atoms with Gasteiger partial charge in [-0.25, -0.2) is 0 Å². The maximum atomic E-state index is 11.4. The minimum absolute atomic E-state index is 0.650. The van der Waals surface area contributed by atoms with Crippen LogP contribution in [0.15, 0.2) is 12.7 Å². The van der Waals surface area contributed by atoms with Crippen molar-refractivity contribution in [3.05, 3.63) is 12.7 Å². The number of allylic oxidation sites excluding steroid dienone is 1. The first kappa shape index (κ1) is 37.0. The molecule has 0 aliphatic carbocycles. The Kier molecular flexibility index (Phi) is 18.1. The smallest absolute Gasteiger partial charge is 0.483 e. The Balaban J connectivity index is -0.000000565. The predicted molar refractivity (Wildman–Crippen MR) is 129 cm³/mol. The van der Waals surface area contributed by atoms with Gasteiger partial charge in [-0.1, -0.05) is 6.08 Å². The Morgan fingerprint density at radius 2 is 0.939 bits per heavy atom. The summed E-state index contributed by atoms with van der Waals surface area (Å²) in [5.41, 5.74) is 0.